The molecular weight excluding hydrogens is 262 g/mol. The predicted octanol–water partition coefficient (Wildman–Crippen LogP) is 4.47. The molecule has 3 rings (SSSR count). The van der Waals surface area contributed by atoms with Crippen LogP contribution in [0.15, 0.2) is 53.4 Å². The molecule has 1 N–H and O–H groups in total. The van der Waals surface area contributed by atoms with Gasteiger partial charge in [0.1, 0.15) is 0 Å². The van der Waals surface area contributed by atoms with Crippen LogP contribution < -0.4 is 5.32 Å². The van der Waals surface area contributed by atoms with Crippen molar-refractivity contribution in [3.8, 4) is 0 Å². The van der Waals surface area contributed by atoms with Gasteiger partial charge in [-0.25, -0.2) is 0 Å². The smallest absolute Gasteiger partial charge is 0.0426 e. The summed E-state index contributed by atoms with van der Waals surface area (Å²) in [5, 5.41) is 4.85. The number of benzene rings is 2. The molecule has 1 heterocycles. The average Bonchev–Trinajstić information content (AvgIpc) is 2.79. The molecule has 0 saturated heterocycles. The maximum Gasteiger partial charge on any atom is 0.0426 e. The zero-order chi connectivity index (χ0) is 12.4. The summed E-state index contributed by atoms with van der Waals surface area (Å²) >= 11 is 7.93. The van der Waals surface area contributed by atoms with E-state index in [4.69, 9.17) is 11.6 Å². The molecule has 0 aromatic heterocycles. The molecule has 0 spiro atoms. The highest BCUT2D eigenvalue weighted by Crippen LogP contribution is 2.36. The predicted molar refractivity (Wildman–Crippen MR) is 79.7 cm³/mol. The lowest BCUT2D eigenvalue weighted by Crippen LogP contribution is -2.15. The summed E-state index contributed by atoms with van der Waals surface area (Å²) in [6.07, 6.45) is 1.15. The number of hydrogen-bond acceptors (Lipinski definition) is 2. The fraction of sp³-hybridized carbons (Fsp3) is 0.200. The number of halogens is 1. The molecule has 2 aromatic carbocycles. The van der Waals surface area contributed by atoms with E-state index in [1.807, 2.05) is 30.0 Å². The van der Waals surface area contributed by atoms with Gasteiger partial charge in [-0.15, -0.1) is 11.8 Å². The Morgan fingerprint density at radius 1 is 1.17 bits per heavy atom. The molecule has 92 valence electrons. The Bertz CT molecular complexity index is 531. The van der Waals surface area contributed by atoms with Crippen molar-refractivity contribution in [1.82, 2.24) is 0 Å². The van der Waals surface area contributed by atoms with Crippen molar-refractivity contribution in [2.24, 2.45) is 0 Å². The van der Waals surface area contributed by atoms with Crippen molar-refractivity contribution >= 4 is 29.1 Å². The highest BCUT2D eigenvalue weighted by Gasteiger charge is 2.21. The molecule has 2 aromatic rings. The third-order valence-electron chi connectivity index (χ3n) is 3.07. The van der Waals surface area contributed by atoms with Crippen molar-refractivity contribution < 1.29 is 0 Å². The van der Waals surface area contributed by atoms with Crippen molar-refractivity contribution in [3.05, 3.63) is 59.1 Å². The fourth-order valence-corrected chi connectivity index (χ4v) is 3.64. The Morgan fingerprint density at radius 3 is 2.89 bits per heavy atom. The Kier molecular flexibility index (Phi) is 3.48. The van der Waals surface area contributed by atoms with E-state index in [0.717, 1.165) is 23.7 Å². The van der Waals surface area contributed by atoms with Crippen LogP contribution in [0.3, 0.4) is 0 Å². The molecule has 0 radical (unpaired) electrons. The summed E-state index contributed by atoms with van der Waals surface area (Å²) in [6.45, 7) is 0.972. The van der Waals surface area contributed by atoms with Crippen LogP contribution >= 0.6 is 23.4 Å². The minimum absolute atomic E-state index is 0.612. The lowest BCUT2D eigenvalue weighted by molar-refractivity contribution is 0.899. The van der Waals surface area contributed by atoms with Crippen LogP contribution in [0.5, 0.6) is 0 Å². The van der Waals surface area contributed by atoms with Gasteiger partial charge in [0.05, 0.1) is 0 Å². The number of anilines is 1. The first-order valence-corrected chi connectivity index (χ1v) is 7.31. The van der Waals surface area contributed by atoms with Gasteiger partial charge in [0.25, 0.3) is 0 Å². The molecule has 1 aliphatic heterocycles. The number of thioether (sulfide) groups is 1. The zero-order valence-electron chi connectivity index (χ0n) is 9.90. The fourth-order valence-electron chi connectivity index (χ4n) is 2.20. The molecule has 1 nitrogen and oxygen atoms in total. The monoisotopic (exact) mass is 275 g/mol. The third-order valence-corrected chi connectivity index (χ3v) is 4.63. The van der Waals surface area contributed by atoms with Crippen LogP contribution in [0.4, 0.5) is 5.69 Å². The topological polar surface area (TPSA) is 12.0 Å². The van der Waals surface area contributed by atoms with Crippen molar-refractivity contribution in [1.29, 1.82) is 0 Å². The van der Waals surface area contributed by atoms with Crippen LogP contribution in [0.25, 0.3) is 0 Å². The Balaban J connectivity index is 1.60. The maximum atomic E-state index is 5.97. The van der Waals surface area contributed by atoms with Crippen LogP contribution in [0.2, 0.25) is 5.02 Å². The molecule has 0 bridgehead atoms. The minimum atomic E-state index is 0.612. The van der Waals surface area contributed by atoms with Gasteiger partial charge < -0.3 is 5.32 Å². The van der Waals surface area contributed by atoms with E-state index in [2.05, 4.69) is 35.6 Å². The third kappa shape index (κ3) is 2.65. The molecule has 0 aliphatic carbocycles. The maximum absolute atomic E-state index is 5.97. The lowest BCUT2D eigenvalue weighted by atomic mass is 10.1. The minimum Gasteiger partial charge on any atom is -0.384 e. The molecule has 1 unspecified atom stereocenters. The summed E-state index contributed by atoms with van der Waals surface area (Å²) in [4.78, 5) is 1.43. The van der Waals surface area contributed by atoms with Crippen molar-refractivity contribution in [2.75, 3.05) is 11.9 Å². The van der Waals surface area contributed by atoms with E-state index < -0.39 is 0 Å². The number of nitrogens with one attached hydrogen (secondary N) is 1. The Morgan fingerprint density at radius 2 is 2.06 bits per heavy atom. The average molecular weight is 276 g/mol. The van der Waals surface area contributed by atoms with Gasteiger partial charge in [-0.1, -0.05) is 35.9 Å². The molecule has 1 atom stereocenters. The summed E-state index contributed by atoms with van der Waals surface area (Å²) in [5.41, 5.74) is 2.57. The van der Waals surface area contributed by atoms with Crippen LogP contribution in [-0.2, 0) is 6.42 Å². The summed E-state index contributed by atoms with van der Waals surface area (Å²) in [5.74, 6) is 0. The van der Waals surface area contributed by atoms with Gasteiger partial charge in [-0.2, -0.15) is 0 Å². The summed E-state index contributed by atoms with van der Waals surface area (Å²) in [6, 6.07) is 16.5. The first-order valence-electron chi connectivity index (χ1n) is 6.05. The molecular formula is C15H14ClNS. The zero-order valence-corrected chi connectivity index (χ0v) is 11.5. The molecule has 1 aliphatic rings. The van der Waals surface area contributed by atoms with Crippen LogP contribution in [-0.4, -0.2) is 11.8 Å². The quantitative estimate of drug-likeness (QED) is 0.887. The number of rotatable bonds is 3. The van der Waals surface area contributed by atoms with Gasteiger partial charge in [0, 0.05) is 27.4 Å². The molecule has 0 fully saturated rings. The Hall–Kier alpha value is -1.12. The number of hydrogen-bond donors (Lipinski definition) is 1. The van der Waals surface area contributed by atoms with Gasteiger partial charge in [0.2, 0.25) is 0 Å². The Labute approximate surface area is 117 Å². The van der Waals surface area contributed by atoms with E-state index in [9.17, 15) is 0 Å². The largest absolute Gasteiger partial charge is 0.384 e. The molecule has 0 saturated carbocycles. The second-order valence-corrected chi connectivity index (χ2v) is 6.22. The first kappa shape index (κ1) is 11.9. The van der Waals surface area contributed by atoms with E-state index in [1.165, 1.54) is 10.5 Å². The first-order chi connectivity index (χ1) is 8.81. The molecule has 0 amide bonds. The van der Waals surface area contributed by atoms with Crippen molar-refractivity contribution in [3.63, 3.8) is 0 Å². The normalized spacial score (nSPS) is 17.5. The number of fused-ring (bicyclic) bond motifs is 1. The molecule has 18 heavy (non-hydrogen) atoms. The highest BCUT2D eigenvalue weighted by molar-refractivity contribution is 8.00. The lowest BCUT2D eigenvalue weighted by Gasteiger charge is -2.11. The van der Waals surface area contributed by atoms with Crippen LogP contribution in [0.1, 0.15) is 5.56 Å². The summed E-state index contributed by atoms with van der Waals surface area (Å²) < 4.78 is 0. The van der Waals surface area contributed by atoms with Gasteiger partial charge >= 0.3 is 0 Å². The van der Waals surface area contributed by atoms with Crippen LogP contribution in [0, 0.1) is 0 Å². The van der Waals surface area contributed by atoms with E-state index in [1.54, 1.807) is 0 Å². The van der Waals surface area contributed by atoms with Gasteiger partial charge in [-0.3, -0.25) is 0 Å². The highest BCUT2D eigenvalue weighted by atomic mass is 35.5. The summed E-state index contributed by atoms with van der Waals surface area (Å²) in [7, 11) is 0. The van der Waals surface area contributed by atoms with E-state index >= 15 is 0 Å². The molecule has 3 heteroatoms. The van der Waals surface area contributed by atoms with Gasteiger partial charge in [-0.05, 0) is 36.2 Å². The standard InChI is InChI=1S/C15H14ClNS/c16-12-5-3-6-13(9-12)17-10-14-8-11-4-1-2-7-15(11)18-14/h1-7,9,14,17H,8,10H2. The second kappa shape index (κ2) is 5.25. The van der Waals surface area contributed by atoms with Gasteiger partial charge in [0.15, 0.2) is 0 Å². The SMILES string of the molecule is Clc1cccc(NCC2Cc3ccccc3S2)c1. The second-order valence-electron chi connectivity index (χ2n) is 4.44. The van der Waals surface area contributed by atoms with Crippen molar-refractivity contribution in [2.45, 2.75) is 16.6 Å². The van der Waals surface area contributed by atoms with E-state index in [-0.39, 0.29) is 0 Å². The van der Waals surface area contributed by atoms with E-state index in [0.29, 0.717) is 5.25 Å².